The molecule has 2 rings (SSSR count). The Kier molecular flexibility index (Phi) is 4.05. The maximum Gasteiger partial charge on any atom is 0.249 e. The van der Waals surface area contributed by atoms with Crippen molar-refractivity contribution in [3.63, 3.8) is 0 Å². The second-order valence-corrected chi connectivity index (χ2v) is 5.55. The van der Waals surface area contributed by atoms with Crippen LogP contribution in [0.1, 0.15) is 51.9 Å². The van der Waals surface area contributed by atoms with Gasteiger partial charge in [-0.25, -0.2) is 0 Å². The molecule has 1 aliphatic heterocycles. The van der Waals surface area contributed by atoms with Crippen molar-refractivity contribution in [2.45, 2.75) is 69.6 Å². The van der Waals surface area contributed by atoms with Crippen LogP contribution in [0.3, 0.4) is 0 Å². The highest BCUT2D eigenvalue weighted by Gasteiger charge is 2.36. The molecular weight excluding hydrogens is 216 g/mol. The first-order chi connectivity index (χ1) is 8.15. The van der Waals surface area contributed by atoms with Gasteiger partial charge >= 0.3 is 0 Å². The van der Waals surface area contributed by atoms with Crippen LogP contribution in [-0.2, 0) is 9.53 Å². The maximum atomic E-state index is 12.1. The van der Waals surface area contributed by atoms with E-state index < -0.39 is 0 Å². The van der Waals surface area contributed by atoms with Crippen molar-refractivity contribution in [3.8, 4) is 0 Å². The number of nitrogens with one attached hydrogen (secondary N) is 1. The molecule has 4 nitrogen and oxygen atoms in total. The second kappa shape index (κ2) is 5.36. The number of ether oxygens (including phenoxy) is 1. The molecule has 3 N–H and O–H groups in total. The molecule has 1 saturated carbocycles. The average Bonchev–Trinajstić information content (AvgIpc) is 2.77. The summed E-state index contributed by atoms with van der Waals surface area (Å²) in [5.74, 6) is 0.0432. The zero-order chi connectivity index (χ0) is 12.3. The quantitative estimate of drug-likeness (QED) is 0.782. The van der Waals surface area contributed by atoms with Crippen LogP contribution < -0.4 is 11.1 Å². The van der Waals surface area contributed by atoms with E-state index in [1.807, 2.05) is 6.92 Å². The summed E-state index contributed by atoms with van der Waals surface area (Å²) < 4.78 is 5.60. The van der Waals surface area contributed by atoms with E-state index in [4.69, 9.17) is 10.5 Å². The van der Waals surface area contributed by atoms with Gasteiger partial charge < -0.3 is 15.8 Å². The highest BCUT2D eigenvalue weighted by Crippen LogP contribution is 2.28. The molecule has 2 aliphatic rings. The Morgan fingerprint density at radius 1 is 1.35 bits per heavy atom. The topological polar surface area (TPSA) is 64.4 Å². The lowest BCUT2D eigenvalue weighted by Gasteiger charge is -2.37. The molecule has 0 aromatic rings. The zero-order valence-electron chi connectivity index (χ0n) is 10.7. The van der Waals surface area contributed by atoms with Gasteiger partial charge in [0.15, 0.2) is 0 Å². The number of hydrogen-bond donors (Lipinski definition) is 2. The Morgan fingerprint density at radius 2 is 2.06 bits per heavy atom. The van der Waals surface area contributed by atoms with Gasteiger partial charge in [0, 0.05) is 6.54 Å². The molecule has 0 radical (unpaired) electrons. The summed E-state index contributed by atoms with van der Waals surface area (Å²) in [6.45, 7) is 2.56. The normalized spacial score (nSPS) is 32.4. The molecule has 2 atom stereocenters. The number of amides is 1. The summed E-state index contributed by atoms with van der Waals surface area (Å²) in [4.78, 5) is 12.1. The smallest absolute Gasteiger partial charge is 0.249 e. The van der Waals surface area contributed by atoms with E-state index in [1.165, 1.54) is 19.3 Å². The first-order valence-electron chi connectivity index (χ1n) is 6.83. The fraction of sp³-hybridized carbons (Fsp3) is 0.923. The van der Waals surface area contributed by atoms with Gasteiger partial charge in [-0.15, -0.1) is 0 Å². The third-order valence-electron chi connectivity index (χ3n) is 4.11. The summed E-state index contributed by atoms with van der Waals surface area (Å²) in [6.07, 6.45) is 7.39. The van der Waals surface area contributed by atoms with Crippen molar-refractivity contribution < 1.29 is 9.53 Å². The van der Waals surface area contributed by atoms with Crippen LogP contribution in [0.15, 0.2) is 0 Å². The third kappa shape index (κ3) is 2.99. The minimum atomic E-state index is -0.254. The SMILES string of the molecule is CC1CCC(C(=O)NC2(CN)CCCCC2)O1. The predicted octanol–water partition coefficient (Wildman–Crippen LogP) is 1.33. The van der Waals surface area contributed by atoms with Crippen LogP contribution in [0, 0.1) is 0 Å². The number of rotatable bonds is 3. The van der Waals surface area contributed by atoms with Gasteiger partial charge in [0.25, 0.3) is 0 Å². The summed E-state index contributed by atoms with van der Waals surface area (Å²) in [5, 5.41) is 3.16. The van der Waals surface area contributed by atoms with Gasteiger partial charge in [-0.1, -0.05) is 19.3 Å². The second-order valence-electron chi connectivity index (χ2n) is 5.55. The Hall–Kier alpha value is -0.610. The fourth-order valence-corrected chi connectivity index (χ4v) is 2.95. The van der Waals surface area contributed by atoms with E-state index in [0.29, 0.717) is 6.54 Å². The van der Waals surface area contributed by atoms with Crippen LogP contribution in [0.4, 0.5) is 0 Å². The summed E-state index contributed by atoms with van der Waals surface area (Å²) in [7, 11) is 0. The Balaban J connectivity index is 1.91. The standard InChI is InChI=1S/C13H24N2O2/c1-10-5-6-11(17-10)12(16)15-13(9-14)7-3-2-4-8-13/h10-11H,2-9,14H2,1H3,(H,15,16). The lowest BCUT2D eigenvalue weighted by Crippen LogP contribution is -2.57. The highest BCUT2D eigenvalue weighted by molar-refractivity contribution is 5.81. The number of hydrogen-bond acceptors (Lipinski definition) is 3. The van der Waals surface area contributed by atoms with Crippen molar-refractivity contribution >= 4 is 5.91 Å². The fourth-order valence-electron chi connectivity index (χ4n) is 2.95. The van der Waals surface area contributed by atoms with Crippen LogP contribution in [0.5, 0.6) is 0 Å². The molecule has 98 valence electrons. The molecule has 1 heterocycles. The van der Waals surface area contributed by atoms with Crippen LogP contribution in [0.2, 0.25) is 0 Å². The Labute approximate surface area is 103 Å². The van der Waals surface area contributed by atoms with E-state index in [9.17, 15) is 4.79 Å². The molecule has 4 heteroatoms. The molecule has 0 bridgehead atoms. The van der Waals surface area contributed by atoms with Crippen molar-refractivity contribution in [1.29, 1.82) is 0 Å². The van der Waals surface area contributed by atoms with Gasteiger partial charge in [-0.05, 0) is 32.6 Å². The summed E-state index contributed by atoms with van der Waals surface area (Å²) in [5.41, 5.74) is 5.69. The number of carbonyl (C=O) groups is 1. The van der Waals surface area contributed by atoms with Gasteiger partial charge in [0.05, 0.1) is 11.6 Å². The maximum absolute atomic E-state index is 12.1. The molecular formula is C13H24N2O2. The van der Waals surface area contributed by atoms with E-state index in [-0.39, 0.29) is 23.7 Å². The zero-order valence-corrected chi connectivity index (χ0v) is 10.7. The van der Waals surface area contributed by atoms with Gasteiger partial charge in [0.1, 0.15) is 6.10 Å². The minimum absolute atomic E-state index is 0.0432. The van der Waals surface area contributed by atoms with Crippen LogP contribution in [0.25, 0.3) is 0 Å². The highest BCUT2D eigenvalue weighted by atomic mass is 16.5. The largest absolute Gasteiger partial charge is 0.365 e. The van der Waals surface area contributed by atoms with Gasteiger partial charge in [-0.3, -0.25) is 4.79 Å². The monoisotopic (exact) mass is 240 g/mol. The minimum Gasteiger partial charge on any atom is -0.365 e. The molecule has 1 aliphatic carbocycles. The summed E-state index contributed by atoms with van der Waals surface area (Å²) in [6, 6.07) is 0. The van der Waals surface area contributed by atoms with Gasteiger partial charge in [0.2, 0.25) is 5.91 Å². The van der Waals surface area contributed by atoms with Crippen molar-refractivity contribution in [1.82, 2.24) is 5.32 Å². The molecule has 1 amide bonds. The molecule has 0 aromatic heterocycles. The van der Waals surface area contributed by atoms with E-state index in [2.05, 4.69) is 5.32 Å². The Morgan fingerprint density at radius 3 is 2.59 bits per heavy atom. The molecule has 2 unspecified atom stereocenters. The first-order valence-corrected chi connectivity index (χ1v) is 6.83. The van der Waals surface area contributed by atoms with Gasteiger partial charge in [-0.2, -0.15) is 0 Å². The average molecular weight is 240 g/mol. The van der Waals surface area contributed by atoms with E-state index in [1.54, 1.807) is 0 Å². The van der Waals surface area contributed by atoms with Crippen molar-refractivity contribution in [2.24, 2.45) is 5.73 Å². The van der Waals surface area contributed by atoms with E-state index in [0.717, 1.165) is 25.7 Å². The molecule has 0 aromatic carbocycles. The lowest BCUT2D eigenvalue weighted by molar-refractivity contribution is -0.134. The third-order valence-corrected chi connectivity index (χ3v) is 4.11. The van der Waals surface area contributed by atoms with E-state index >= 15 is 0 Å². The first kappa shape index (κ1) is 12.8. The van der Waals surface area contributed by atoms with Crippen LogP contribution in [-0.4, -0.2) is 30.2 Å². The molecule has 1 saturated heterocycles. The van der Waals surface area contributed by atoms with Crippen molar-refractivity contribution in [3.05, 3.63) is 0 Å². The van der Waals surface area contributed by atoms with Crippen molar-refractivity contribution in [2.75, 3.05) is 6.54 Å². The molecule has 2 fully saturated rings. The number of nitrogens with two attached hydrogens (primary N) is 1. The predicted molar refractivity (Wildman–Crippen MR) is 66.6 cm³/mol. The lowest BCUT2D eigenvalue weighted by atomic mass is 9.81. The Bertz CT molecular complexity index is 275. The molecule has 17 heavy (non-hydrogen) atoms. The number of carbonyl (C=O) groups excluding carboxylic acids is 1. The summed E-state index contributed by atoms with van der Waals surface area (Å²) >= 11 is 0. The molecule has 0 spiro atoms. The van der Waals surface area contributed by atoms with Crippen LogP contribution >= 0.6 is 0 Å².